The van der Waals surface area contributed by atoms with E-state index in [1.165, 1.54) is 56.8 Å². The number of likely N-dealkylation sites (tertiary alicyclic amines) is 1. The number of rotatable bonds is 5. The Labute approximate surface area is 200 Å². The van der Waals surface area contributed by atoms with Gasteiger partial charge in [0, 0.05) is 25.4 Å². The summed E-state index contributed by atoms with van der Waals surface area (Å²) in [5.74, 6) is 0.595. The third kappa shape index (κ3) is 4.37. The van der Waals surface area contributed by atoms with Gasteiger partial charge in [0.05, 0.1) is 28.8 Å². The summed E-state index contributed by atoms with van der Waals surface area (Å²) in [7, 11) is 2.04. The molecule has 1 saturated heterocycles. The van der Waals surface area contributed by atoms with Crippen LogP contribution in [0.4, 0.5) is 0 Å². The van der Waals surface area contributed by atoms with Crippen molar-refractivity contribution in [2.45, 2.75) is 64.8 Å². The van der Waals surface area contributed by atoms with Gasteiger partial charge in [0.15, 0.2) is 0 Å². The quantitative estimate of drug-likeness (QED) is 0.430. The number of hydrogen-bond acceptors (Lipinski definition) is 5. The van der Waals surface area contributed by atoms with Gasteiger partial charge in [-0.05, 0) is 82.7 Å². The molecule has 0 amide bonds. The van der Waals surface area contributed by atoms with E-state index < -0.39 is 0 Å². The Balaban J connectivity index is 1.44. The van der Waals surface area contributed by atoms with Gasteiger partial charge in [-0.3, -0.25) is 9.78 Å². The molecule has 0 atom stereocenters. The largest absolute Gasteiger partial charge is 0.336 e. The van der Waals surface area contributed by atoms with E-state index in [2.05, 4.69) is 38.7 Å². The lowest BCUT2D eigenvalue weighted by Crippen LogP contribution is -2.44. The van der Waals surface area contributed by atoms with Gasteiger partial charge >= 0.3 is 0 Å². The molecule has 1 aliphatic carbocycles. The van der Waals surface area contributed by atoms with Crippen molar-refractivity contribution in [2.24, 2.45) is 12.0 Å². The fraction of sp³-hybridized carbons (Fsp3) is 0.481. The fourth-order valence-corrected chi connectivity index (χ4v) is 5.43. The summed E-state index contributed by atoms with van der Waals surface area (Å²) >= 11 is 0. The average molecular weight is 459 g/mol. The van der Waals surface area contributed by atoms with E-state index in [4.69, 9.17) is 4.99 Å². The van der Waals surface area contributed by atoms with Crippen LogP contribution in [-0.4, -0.2) is 49.5 Å². The number of carbonyl (C=O) groups excluding carboxylic acids is 1. The number of pyridine rings is 1. The number of nitrogens with zero attached hydrogens (tertiary/aromatic N) is 6. The SMILES string of the molecule is Cc1cn2nc(/C(=C/C=O)N=c3c(C)cc(C4CCN(C5CCC5)CC4)cn3C)cc2c(C)n1. The van der Waals surface area contributed by atoms with E-state index in [1.54, 1.807) is 0 Å². The third-order valence-electron chi connectivity index (χ3n) is 7.48. The maximum Gasteiger partial charge on any atom is 0.145 e. The molecule has 3 aromatic heterocycles. The second-order valence-corrected chi connectivity index (χ2v) is 9.91. The van der Waals surface area contributed by atoms with Gasteiger partial charge in [-0.1, -0.05) is 12.5 Å². The van der Waals surface area contributed by atoms with Crippen LogP contribution in [0, 0.1) is 20.8 Å². The van der Waals surface area contributed by atoms with Crippen LogP contribution in [0.1, 0.15) is 66.2 Å². The number of carbonyl (C=O) groups is 1. The molecule has 2 aliphatic rings. The summed E-state index contributed by atoms with van der Waals surface area (Å²) in [5.41, 5.74) is 7.26. The molecule has 0 radical (unpaired) electrons. The minimum absolute atomic E-state index is 0.552. The molecule has 0 bridgehead atoms. The van der Waals surface area contributed by atoms with E-state index >= 15 is 0 Å². The third-order valence-corrected chi connectivity index (χ3v) is 7.48. The topological polar surface area (TPSA) is 67.8 Å². The lowest BCUT2D eigenvalue weighted by atomic mass is 9.85. The maximum atomic E-state index is 11.5. The molecule has 4 heterocycles. The first-order valence-electron chi connectivity index (χ1n) is 12.4. The van der Waals surface area contributed by atoms with E-state index in [0.717, 1.165) is 40.3 Å². The molecule has 0 unspecified atom stereocenters. The lowest BCUT2D eigenvalue weighted by Gasteiger charge is -2.42. The number of fused-ring (bicyclic) bond motifs is 1. The van der Waals surface area contributed by atoms with Gasteiger partial charge in [-0.25, -0.2) is 9.51 Å². The first kappa shape index (κ1) is 22.7. The zero-order chi connectivity index (χ0) is 23.8. The van der Waals surface area contributed by atoms with Gasteiger partial charge in [-0.2, -0.15) is 5.10 Å². The maximum absolute atomic E-state index is 11.5. The molecule has 2 fully saturated rings. The Hall–Kier alpha value is -3.06. The Bertz CT molecular complexity index is 1290. The molecular formula is C27H34N6O. The molecule has 178 valence electrons. The van der Waals surface area contributed by atoms with E-state index in [1.807, 2.05) is 37.7 Å². The van der Waals surface area contributed by atoms with Crippen LogP contribution in [0.15, 0.2) is 35.6 Å². The van der Waals surface area contributed by atoms with Gasteiger partial charge < -0.3 is 9.47 Å². The second kappa shape index (κ2) is 9.29. The van der Waals surface area contributed by atoms with Crippen molar-refractivity contribution in [1.82, 2.24) is 24.1 Å². The van der Waals surface area contributed by atoms with Crippen molar-refractivity contribution in [3.05, 3.63) is 64.3 Å². The van der Waals surface area contributed by atoms with E-state index in [0.29, 0.717) is 17.3 Å². The van der Waals surface area contributed by atoms with Crippen molar-refractivity contribution in [3.8, 4) is 0 Å². The molecule has 1 saturated carbocycles. The fourth-order valence-electron chi connectivity index (χ4n) is 5.43. The number of hydrogen-bond donors (Lipinski definition) is 0. The monoisotopic (exact) mass is 458 g/mol. The summed E-state index contributed by atoms with van der Waals surface area (Å²) < 4.78 is 3.90. The summed E-state index contributed by atoms with van der Waals surface area (Å²) in [6, 6.07) is 5.06. The van der Waals surface area contributed by atoms with Crippen LogP contribution in [-0.2, 0) is 11.8 Å². The highest BCUT2D eigenvalue weighted by molar-refractivity contribution is 5.81. The number of aryl methyl sites for hydroxylation is 4. The van der Waals surface area contributed by atoms with Crippen molar-refractivity contribution in [2.75, 3.05) is 13.1 Å². The number of piperidine rings is 1. The molecule has 1 aliphatic heterocycles. The van der Waals surface area contributed by atoms with Crippen molar-refractivity contribution < 1.29 is 4.79 Å². The van der Waals surface area contributed by atoms with Crippen LogP contribution < -0.4 is 5.49 Å². The molecule has 0 aromatic carbocycles. The Morgan fingerprint density at radius 1 is 1.09 bits per heavy atom. The highest BCUT2D eigenvalue weighted by atomic mass is 16.1. The summed E-state index contributed by atoms with van der Waals surface area (Å²) in [6.45, 7) is 8.43. The first-order valence-corrected chi connectivity index (χ1v) is 12.4. The highest BCUT2D eigenvalue weighted by Crippen LogP contribution is 2.33. The van der Waals surface area contributed by atoms with Crippen molar-refractivity contribution in [3.63, 3.8) is 0 Å². The van der Waals surface area contributed by atoms with Crippen molar-refractivity contribution >= 4 is 17.5 Å². The Morgan fingerprint density at radius 3 is 2.50 bits per heavy atom. The molecule has 5 rings (SSSR count). The van der Waals surface area contributed by atoms with Crippen LogP contribution in [0.5, 0.6) is 0 Å². The van der Waals surface area contributed by atoms with Crippen LogP contribution >= 0.6 is 0 Å². The molecule has 0 N–H and O–H groups in total. The molecule has 34 heavy (non-hydrogen) atoms. The normalized spacial score (nSPS) is 19.1. The molecule has 7 heteroatoms. The molecule has 7 nitrogen and oxygen atoms in total. The highest BCUT2D eigenvalue weighted by Gasteiger charge is 2.29. The van der Waals surface area contributed by atoms with Crippen LogP contribution in [0.3, 0.4) is 0 Å². The Morgan fingerprint density at radius 2 is 1.85 bits per heavy atom. The standard InChI is InChI=1S/C27H34N6O/c1-18-14-22(21-8-11-32(12-9-21)23-6-5-7-23)17-31(4)27(18)29-24(10-13-34)25-15-26-20(3)28-19(2)16-33(26)30-25/h10,13-17,21,23H,5-9,11-12H2,1-4H3/b24-10-,29-27?. The minimum atomic E-state index is 0.552. The zero-order valence-electron chi connectivity index (χ0n) is 20.7. The molecule has 0 spiro atoms. The van der Waals surface area contributed by atoms with Crippen LogP contribution in [0.2, 0.25) is 0 Å². The first-order chi connectivity index (χ1) is 16.4. The van der Waals surface area contributed by atoms with E-state index in [-0.39, 0.29) is 0 Å². The van der Waals surface area contributed by atoms with Gasteiger partial charge in [0.1, 0.15) is 17.5 Å². The van der Waals surface area contributed by atoms with Gasteiger partial charge in [0.25, 0.3) is 0 Å². The number of aldehydes is 1. The van der Waals surface area contributed by atoms with Crippen LogP contribution in [0.25, 0.3) is 11.2 Å². The number of allylic oxidation sites excluding steroid dienone is 1. The van der Waals surface area contributed by atoms with Gasteiger partial charge in [0.2, 0.25) is 0 Å². The predicted molar refractivity (Wildman–Crippen MR) is 133 cm³/mol. The molecule has 3 aromatic rings. The van der Waals surface area contributed by atoms with Crippen molar-refractivity contribution in [1.29, 1.82) is 0 Å². The Kier molecular flexibility index (Phi) is 6.21. The lowest BCUT2D eigenvalue weighted by molar-refractivity contribution is -0.104. The predicted octanol–water partition coefficient (Wildman–Crippen LogP) is 3.87. The molecular weight excluding hydrogens is 424 g/mol. The summed E-state index contributed by atoms with van der Waals surface area (Å²) in [5, 5.41) is 4.67. The minimum Gasteiger partial charge on any atom is -0.336 e. The summed E-state index contributed by atoms with van der Waals surface area (Å²) in [4.78, 5) is 23.6. The second-order valence-electron chi connectivity index (χ2n) is 9.91. The zero-order valence-corrected chi connectivity index (χ0v) is 20.7. The smallest absolute Gasteiger partial charge is 0.145 e. The number of aromatic nitrogens is 4. The van der Waals surface area contributed by atoms with Gasteiger partial charge in [-0.15, -0.1) is 0 Å². The van der Waals surface area contributed by atoms with E-state index in [9.17, 15) is 4.79 Å². The summed E-state index contributed by atoms with van der Waals surface area (Å²) in [6.07, 6.45) is 13.0. The average Bonchev–Trinajstić information content (AvgIpc) is 3.19.